The van der Waals surface area contributed by atoms with Crippen LogP contribution < -0.4 is 18.9 Å². The first-order valence-electron chi connectivity index (χ1n) is 15.2. The highest BCUT2D eigenvalue weighted by molar-refractivity contribution is 6.11. The Bertz CT molecular complexity index is 1630. The van der Waals surface area contributed by atoms with E-state index in [0.717, 1.165) is 32.7 Å². The summed E-state index contributed by atoms with van der Waals surface area (Å²) in [5.74, 6) is 1.79. The smallest absolute Gasteiger partial charge is 0.303 e. The van der Waals surface area contributed by atoms with Crippen molar-refractivity contribution >= 4 is 33.5 Å². The first-order chi connectivity index (χ1) is 22.3. The van der Waals surface area contributed by atoms with Gasteiger partial charge in [-0.05, 0) is 49.2 Å². The number of carbonyl (C=O) groups excluding carboxylic acids is 2. The van der Waals surface area contributed by atoms with Crippen LogP contribution in [0.4, 0.5) is 0 Å². The van der Waals surface area contributed by atoms with Gasteiger partial charge in [0.25, 0.3) is 0 Å². The minimum atomic E-state index is -0.649. The molecule has 8 heteroatoms. The normalized spacial score (nSPS) is 12.3. The Morgan fingerprint density at radius 2 is 0.848 bits per heavy atom. The average Bonchev–Trinajstić information content (AvgIpc) is 3.03. The van der Waals surface area contributed by atoms with Gasteiger partial charge in [-0.2, -0.15) is 0 Å². The summed E-state index contributed by atoms with van der Waals surface area (Å²) in [6, 6.07) is 30.9. The molecule has 0 saturated heterocycles. The minimum absolute atomic E-state index is 0.0738. The molecule has 0 N–H and O–H groups in total. The van der Waals surface area contributed by atoms with E-state index >= 15 is 0 Å². The highest BCUT2D eigenvalue weighted by Gasteiger charge is 2.21. The number of hydrogen-bond acceptors (Lipinski definition) is 8. The van der Waals surface area contributed by atoms with Gasteiger partial charge in [0, 0.05) is 35.4 Å². The van der Waals surface area contributed by atoms with Crippen LogP contribution in [-0.4, -0.2) is 50.6 Å². The lowest BCUT2D eigenvalue weighted by Crippen LogP contribution is -2.30. The number of rotatable bonds is 14. The van der Waals surface area contributed by atoms with Gasteiger partial charge in [0.15, 0.2) is 12.2 Å². The summed E-state index contributed by atoms with van der Waals surface area (Å²) in [6.07, 6.45) is -1.30. The molecule has 0 aromatic heterocycles. The average molecular weight is 623 g/mol. The van der Waals surface area contributed by atoms with Crippen molar-refractivity contribution in [2.75, 3.05) is 26.4 Å². The van der Waals surface area contributed by atoms with E-state index in [0.29, 0.717) is 23.0 Å². The van der Waals surface area contributed by atoms with E-state index in [1.165, 1.54) is 13.8 Å². The molecule has 2 unspecified atom stereocenters. The molecule has 2 atom stereocenters. The molecule has 0 bridgehead atoms. The summed E-state index contributed by atoms with van der Waals surface area (Å²) < 4.78 is 35.9. The largest absolute Gasteiger partial charge is 0.490 e. The summed E-state index contributed by atoms with van der Waals surface area (Å²) in [5, 5.41) is 3.27. The first-order valence-corrected chi connectivity index (χ1v) is 15.2. The second-order valence-corrected chi connectivity index (χ2v) is 11.1. The van der Waals surface area contributed by atoms with Gasteiger partial charge in [-0.25, -0.2) is 0 Å². The zero-order valence-electron chi connectivity index (χ0n) is 26.5. The number of benzene rings is 5. The van der Waals surface area contributed by atoms with Gasteiger partial charge in [0.05, 0.1) is 0 Å². The second-order valence-electron chi connectivity index (χ2n) is 11.1. The molecule has 0 radical (unpaired) electrons. The third kappa shape index (κ3) is 8.47. The molecule has 238 valence electrons. The molecule has 0 spiro atoms. The molecule has 0 amide bonds. The number of hydrogen-bond donors (Lipinski definition) is 0. The zero-order valence-corrected chi connectivity index (χ0v) is 26.5. The maximum Gasteiger partial charge on any atom is 0.303 e. The van der Waals surface area contributed by atoms with Crippen molar-refractivity contribution in [1.82, 2.24) is 0 Å². The van der Waals surface area contributed by atoms with Crippen LogP contribution in [0.5, 0.6) is 23.0 Å². The van der Waals surface area contributed by atoms with Gasteiger partial charge < -0.3 is 28.4 Å². The molecule has 0 aliphatic heterocycles. The Labute approximate surface area is 268 Å². The van der Waals surface area contributed by atoms with E-state index in [-0.39, 0.29) is 26.4 Å². The van der Waals surface area contributed by atoms with Crippen LogP contribution in [0.25, 0.3) is 21.5 Å². The fourth-order valence-electron chi connectivity index (χ4n) is 5.20. The van der Waals surface area contributed by atoms with E-state index < -0.39 is 24.1 Å². The van der Waals surface area contributed by atoms with Crippen molar-refractivity contribution in [1.29, 1.82) is 0 Å². The van der Waals surface area contributed by atoms with Crippen molar-refractivity contribution in [2.24, 2.45) is 0 Å². The van der Waals surface area contributed by atoms with Crippen LogP contribution >= 0.6 is 0 Å². The van der Waals surface area contributed by atoms with Gasteiger partial charge in [0.2, 0.25) is 0 Å². The summed E-state index contributed by atoms with van der Waals surface area (Å²) in [6.45, 7) is 7.11. The lowest BCUT2D eigenvalue weighted by atomic mass is 10.0. The van der Waals surface area contributed by atoms with E-state index in [9.17, 15) is 9.59 Å². The molecule has 5 aromatic rings. The van der Waals surface area contributed by atoms with E-state index in [1.807, 2.05) is 111 Å². The Morgan fingerprint density at radius 3 is 1.17 bits per heavy atom. The minimum Gasteiger partial charge on any atom is -0.490 e. The van der Waals surface area contributed by atoms with Crippen LogP contribution in [0, 0.1) is 13.8 Å². The molecular formula is C38H38O8. The van der Waals surface area contributed by atoms with Gasteiger partial charge >= 0.3 is 11.9 Å². The molecule has 8 nitrogen and oxygen atoms in total. The highest BCUT2D eigenvalue weighted by atomic mass is 16.6. The molecule has 0 heterocycles. The molecule has 0 aliphatic rings. The van der Waals surface area contributed by atoms with Crippen LogP contribution in [0.2, 0.25) is 0 Å². The first kappa shape index (κ1) is 32.2. The van der Waals surface area contributed by atoms with Crippen LogP contribution in [-0.2, 0) is 19.1 Å². The summed E-state index contributed by atoms with van der Waals surface area (Å²) in [7, 11) is 0. The Balaban J connectivity index is 1.39. The third-order valence-electron chi connectivity index (χ3n) is 7.18. The SMILES string of the molecule is CC(=O)OC(COc1cccc(C)c1)COc1c2ccccc2c(OCC(COc2cccc(C)c2)OC(C)=O)c2ccccc12. The monoisotopic (exact) mass is 622 g/mol. The Morgan fingerprint density at radius 1 is 0.500 bits per heavy atom. The number of aryl methyl sites for hydroxylation is 2. The Kier molecular flexibility index (Phi) is 10.6. The summed E-state index contributed by atoms with van der Waals surface area (Å²) in [5.41, 5.74) is 2.13. The fourth-order valence-corrected chi connectivity index (χ4v) is 5.20. The standard InChI is InChI=1S/C38H38O8/c1-25-11-9-13-29(19-25)41-21-31(45-27(3)39)23-43-37-33-15-5-7-17-35(33)38(36-18-8-6-16-34(36)37)44-24-32(46-28(4)40)22-42-30-14-10-12-26(2)20-30/h5-20,31-32H,21-24H2,1-4H3. The molecule has 0 aliphatic carbocycles. The number of carbonyl (C=O) groups is 2. The molecular weight excluding hydrogens is 584 g/mol. The molecule has 0 saturated carbocycles. The number of fused-ring (bicyclic) bond motifs is 2. The van der Waals surface area contributed by atoms with Crippen molar-refractivity contribution in [3.8, 4) is 23.0 Å². The number of ether oxygens (including phenoxy) is 6. The van der Waals surface area contributed by atoms with E-state index in [2.05, 4.69) is 0 Å². The zero-order chi connectivity index (χ0) is 32.5. The van der Waals surface area contributed by atoms with Crippen LogP contribution in [0.1, 0.15) is 25.0 Å². The van der Waals surface area contributed by atoms with E-state index in [1.54, 1.807) is 0 Å². The van der Waals surface area contributed by atoms with Crippen molar-refractivity contribution in [2.45, 2.75) is 39.9 Å². The highest BCUT2D eigenvalue weighted by Crippen LogP contribution is 2.43. The van der Waals surface area contributed by atoms with Gasteiger partial charge in [0.1, 0.15) is 49.4 Å². The third-order valence-corrected chi connectivity index (χ3v) is 7.18. The quantitative estimate of drug-likeness (QED) is 0.0936. The van der Waals surface area contributed by atoms with Gasteiger partial charge in [-0.3, -0.25) is 9.59 Å². The Hall–Kier alpha value is -5.24. The number of esters is 2. The van der Waals surface area contributed by atoms with Crippen LogP contribution in [0.15, 0.2) is 97.1 Å². The van der Waals surface area contributed by atoms with Gasteiger partial charge in [-0.1, -0.05) is 72.8 Å². The van der Waals surface area contributed by atoms with Crippen molar-refractivity contribution < 1.29 is 38.0 Å². The molecule has 46 heavy (non-hydrogen) atoms. The fraction of sp³-hybridized carbons (Fsp3) is 0.263. The van der Waals surface area contributed by atoms with E-state index in [4.69, 9.17) is 28.4 Å². The molecule has 0 fully saturated rings. The lowest BCUT2D eigenvalue weighted by molar-refractivity contribution is -0.150. The maximum absolute atomic E-state index is 11.9. The predicted molar refractivity (Wildman–Crippen MR) is 177 cm³/mol. The predicted octanol–water partition coefficient (Wildman–Crippen LogP) is 7.39. The molecule has 5 rings (SSSR count). The van der Waals surface area contributed by atoms with Crippen molar-refractivity contribution in [3.63, 3.8) is 0 Å². The summed E-state index contributed by atoms with van der Waals surface area (Å²) >= 11 is 0. The van der Waals surface area contributed by atoms with Gasteiger partial charge in [-0.15, -0.1) is 0 Å². The lowest BCUT2D eigenvalue weighted by Gasteiger charge is -2.23. The maximum atomic E-state index is 11.9. The second kappa shape index (κ2) is 15.2. The van der Waals surface area contributed by atoms with Crippen LogP contribution in [0.3, 0.4) is 0 Å². The topological polar surface area (TPSA) is 89.5 Å². The molecule has 5 aromatic carbocycles. The summed E-state index contributed by atoms with van der Waals surface area (Å²) in [4.78, 5) is 23.9. The van der Waals surface area contributed by atoms with Crippen molar-refractivity contribution in [3.05, 3.63) is 108 Å².